The average Bonchev–Trinajstić information content (AvgIpc) is 3.49. The summed E-state index contributed by atoms with van der Waals surface area (Å²) in [4.78, 5) is 17.4. The lowest BCUT2D eigenvalue weighted by atomic mass is 10.1. The Kier molecular flexibility index (Phi) is 7.79. The monoisotopic (exact) mass is 447 g/mol. The highest BCUT2D eigenvalue weighted by Gasteiger charge is 2.26. The third-order valence-electron chi connectivity index (χ3n) is 6.02. The number of aromatic nitrogens is 2. The molecule has 2 unspecified atom stereocenters. The number of carbonyl (C=O) groups excluding carboxylic acids is 1. The third kappa shape index (κ3) is 5.63. The minimum atomic E-state index is -0.341. The highest BCUT2D eigenvalue weighted by Crippen LogP contribution is 2.23. The van der Waals surface area contributed by atoms with E-state index in [4.69, 9.17) is 14.5 Å². The van der Waals surface area contributed by atoms with E-state index in [9.17, 15) is 4.79 Å². The summed E-state index contributed by atoms with van der Waals surface area (Å²) in [5.74, 6) is 1.75. The van der Waals surface area contributed by atoms with Crippen LogP contribution in [0.15, 0.2) is 61.2 Å². The van der Waals surface area contributed by atoms with E-state index in [1.165, 1.54) is 0 Å². The number of allylic oxidation sites excluding steroid dienone is 1. The van der Waals surface area contributed by atoms with Crippen LogP contribution in [-0.4, -0.2) is 34.8 Å². The Morgan fingerprint density at radius 1 is 1.27 bits per heavy atom. The van der Waals surface area contributed by atoms with Crippen molar-refractivity contribution in [2.24, 2.45) is 0 Å². The van der Waals surface area contributed by atoms with Gasteiger partial charge in [-0.1, -0.05) is 36.4 Å². The van der Waals surface area contributed by atoms with E-state index in [-0.39, 0.29) is 18.1 Å². The number of imidazole rings is 1. The van der Waals surface area contributed by atoms with Gasteiger partial charge in [-0.3, -0.25) is 4.79 Å². The van der Waals surface area contributed by atoms with Gasteiger partial charge in [-0.2, -0.15) is 0 Å². The number of para-hydroxylation sites is 3. The molecule has 0 aliphatic carbocycles. The zero-order valence-corrected chi connectivity index (χ0v) is 19.3. The minimum absolute atomic E-state index is 0.0507. The van der Waals surface area contributed by atoms with Gasteiger partial charge in [0.2, 0.25) is 5.91 Å². The number of rotatable bonds is 11. The van der Waals surface area contributed by atoms with Crippen molar-refractivity contribution in [2.75, 3.05) is 13.2 Å². The molecule has 1 N–H and O–H groups in total. The lowest BCUT2D eigenvalue weighted by molar-refractivity contribution is -0.130. The number of carbonyl (C=O) groups is 1. The van der Waals surface area contributed by atoms with Crippen molar-refractivity contribution in [3.63, 3.8) is 0 Å². The molecule has 4 rings (SSSR count). The Labute approximate surface area is 195 Å². The highest BCUT2D eigenvalue weighted by molar-refractivity contribution is 5.81. The molecule has 2 heterocycles. The van der Waals surface area contributed by atoms with Gasteiger partial charge in [0.1, 0.15) is 17.7 Å². The molecular weight excluding hydrogens is 414 g/mol. The quantitative estimate of drug-likeness (QED) is 0.333. The number of benzene rings is 2. The summed E-state index contributed by atoms with van der Waals surface area (Å²) >= 11 is 0. The zero-order chi connectivity index (χ0) is 23.0. The Balaban J connectivity index is 1.38. The Morgan fingerprint density at radius 2 is 2.09 bits per heavy atom. The molecule has 1 aromatic heterocycles. The second-order valence-corrected chi connectivity index (χ2v) is 8.50. The molecule has 0 saturated carbocycles. The van der Waals surface area contributed by atoms with Crippen molar-refractivity contribution in [1.29, 1.82) is 0 Å². The lowest BCUT2D eigenvalue weighted by Gasteiger charge is -2.18. The molecule has 1 aliphatic rings. The number of unbranched alkanes of at least 4 members (excludes halogenated alkanes) is 1. The molecule has 1 saturated heterocycles. The maximum absolute atomic E-state index is 12.6. The van der Waals surface area contributed by atoms with Crippen LogP contribution in [0.2, 0.25) is 0 Å². The van der Waals surface area contributed by atoms with Gasteiger partial charge in [-0.05, 0) is 62.8 Å². The van der Waals surface area contributed by atoms with E-state index in [1.54, 1.807) is 0 Å². The highest BCUT2D eigenvalue weighted by atomic mass is 16.5. The standard InChI is InChI=1S/C27H33N3O3/c1-3-11-21-12-4-7-15-24(21)32-18-9-8-17-30-23-14-6-5-13-22(23)29-26(30)20(2)28-27(31)25-16-10-19-33-25/h3-7,12-15,20,25H,1,8-11,16-19H2,2H3,(H,28,31). The summed E-state index contributed by atoms with van der Waals surface area (Å²) in [5.41, 5.74) is 3.19. The van der Waals surface area contributed by atoms with Gasteiger partial charge in [0.05, 0.1) is 23.7 Å². The fourth-order valence-corrected chi connectivity index (χ4v) is 4.34. The second kappa shape index (κ2) is 11.1. The molecule has 0 bridgehead atoms. The molecule has 3 aromatic rings. The zero-order valence-electron chi connectivity index (χ0n) is 19.3. The van der Waals surface area contributed by atoms with E-state index in [1.807, 2.05) is 49.4 Å². The van der Waals surface area contributed by atoms with Crippen molar-refractivity contribution in [2.45, 2.75) is 57.7 Å². The molecule has 0 radical (unpaired) electrons. The molecular formula is C27H33N3O3. The number of hydrogen-bond donors (Lipinski definition) is 1. The summed E-state index contributed by atoms with van der Waals surface area (Å²) in [7, 11) is 0. The SMILES string of the molecule is C=CCc1ccccc1OCCCCn1c(C(C)NC(=O)C2CCCO2)nc2ccccc21. The topological polar surface area (TPSA) is 65.4 Å². The van der Waals surface area contributed by atoms with Crippen molar-refractivity contribution < 1.29 is 14.3 Å². The van der Waals surface area contributed by atoms with Crippen LogP contribution >= 0.6 is 0 Å². The first-order chi connectivity index (χ1) is 16.2. The Morgan fingerprint density at radius 3 is 2.91 bits per heavy atom. The summed E-state index contributed by atoms with van der Waals surface area (Å²) in [5, 5.41) is 3.10. The van der Waals surface area contributed by atoms with E-state index in [2.05, 4.69) is 28.6 Å². The average molecular weight is 448 g/mol. The first-order valence-corrected chi connectivity index (χ1v) is 11.9. The summed E-state index contributed by atoms with van der Waals surface area (Å²) in [6.45, 7) is 7.94. The molecule has 2 aromatic carbocycles. The Bertz CT molecular complexity index is 1090. The van der Waals surface area contributed by atoms with E-state index >= 15 is 0 Å². The van der Waals surface area contributed by atoms with Crippen LogP contribution in [0.1, 0.15) is 50.0 Å². The largest absolute Gasteiger partial charge is 0.493 e. The summed E-state index contributed by atoms with van der Waals surface area (Å²) < 4.78 is 13.8. The number of fused-ring (bicyclic) bond motifs is 1. The second-order valence-electron chi connectivity index (χ2n) is 8.50. The van der Waals surface area contributed by atoms with Gasteiger partial charge >= 0.3 is 0 Å². The van der Waals surface area contributed by atoms with Crippen molar-refractivity contribution >= 4 is 16.9 Å². The normalized spacial score (nSPS) is 16.6. The van der Waals surface area contributed by atoms with E-state index in [0.717, 1.165) is 66.8 Å². The number of nitrogens with one attached hydrogen (secondary N) is 1. The number of nitrogens with zero attached hydrogens (tertiary/aromatic N) is 2. The molecule has 6 heteroatoms. The molecule has 33 heavy (non-hydrogen) atoms. The summed E-state index contributed by atoms with van der Waals surface area (Å²) in [6.07, 6.45) is 5.94. The third-order valence-corrected chi connectivity index (χ3v) is 6.02. The van der Waals surface area contributed by atoms with Gasteiger partial charge in [0.15, 0.2) is 0 Å². The maximum atomic E-state index is 12.6. The van der Waals surface area contributed by atoms with Crippen LogP contribution in [0.25, 0.3) is 11.0 Å². The van der Waals surface area contributed by atoms with Gasteiger partial charge in [0, 0.05) is 13.2 Å². The predicted octanol–water partition coefficient (Wildman–Crippen LogP) is 4.98. The molecule has 1 aliphatic heterocycles. The predicted molar refractivity (Wildman–Crippen MR) is 130 cm³/mol. The van der Waals surface area contributed by atoms with E-state index < -0.39 is 0 Å². The molecule has 174 valence electrons. The van der Waals surface area contributed by atoms with Crippen LogP contribution < -0.4 is 10.1 Å². The molecule has 2 atom stereocenters. The summed E-state index contributed by atoms with van der Waals surface area (Å²) in [6, 6.07) is 16.0. The van der Waals surface area contributed by atoms with Gasteiger partial charge in [0.25, 0.3) is 0 Å². The van der Waals surface area contributed by atoms with Crippen LogP contribution in [0, 0.1) is 0 Å². The van der Waals surface area contributed by atoms with Gasteiger partial charge in [-0.25, -0.2) is 4.98 Å². The number of hydrogen-bond acceptors (Lipinski definition) is 4. The molecule has 1 amide bonds. The smallest absolute Gasteiger partial charge is 0.249 e. The van der Waals surface area contributed by atoms with Crippen LogP contribution in [0.5, 0.6) is 5.75 Å². The van der Waals surface area contributed by atoms with Crippen LogP contribution in [0.3, 0.4) is 0 Å². The fourth-order valence-electron chi connectivity index (χ4n) is 4.34. The van der Waals surface area contributed by atoms with E-state index in [0.29, 0.717) is 13.2 Å². The molecule has 1 fully saturated rings. The number of ether oxygens (including phenoxy) is 2. The van der Waals surface area contributed by atoms with Crippen LogP contribution in [0.4, 0.5) is 0 Å². The first kappa shape index (κ1) is 23.1. The number of amides is 1. The van der Waals surface area contributed by atoms with Gasteiger partial charge in [-0.15, -0.1) is 6.58 Å². The first-order valence-electron chi connectivity index (χ1n) is 11.9. The minimum Gasteiger partial charge on any atom is -0.493 e. The lowest BCUT2D eigenvalue weighted by Crippen LogP contribution is -2.36. The van der Waals surface area contributed by atoms with Crippen molar-refractivity contribution in [1.82, 2.24) is 14.9 Å². The van der Waals surface area contributed by atoms with Crippen molar-refractivity contribution in [3.8, 4) is 5.75 Å². The Hall–Kier alpha value is -3.12. The maximum Gasteiger partial charge on any atom is 0.249 e. The number of aryl methyl sites for hydroxylation is 1. The van der Waals surface area contributed by atoms with Crippen LogP contribution in [-0.2, 0) is 22.5 Å². The van der Waals surface area contributed by atoms with Gasteiger partial charge < -0.3 is 19.4 Å². The molecule has 6 nitrogen and oxygen atoms in total. The molecule has 0 spiro atoms. The fraction of sp³-hybridized carbons (Fsp3) is 0.407. The van der Waals surface area contributed by atoms with Crippen molar-refractivity contribution in [3.05, 3.63) is 72.6 Å².